The van der Waals surface area contributed by atoms with Gasteiger partial charge in [0.15, 0.2) is 0 Å². The Labute approximate surface area is 43.2 Å². The van der Waals surface area contributed by atoms with Crippen LogP contribution in [0, 0.1) is 0 Å². The van der Waals surface area contributed by atoms with E-state index in [9.17, 15) is 4.79 Å². The van der Waals surface area contributed by atoms with E-state index in [1.807, 2.05) is 0 Å². The second-order valence-electron chi connectivity index (χ2n) is 1.77. The van der Waals surface area contributed by atoms with E-state index in [4.69, 9.17) is 0 Å². The van der Waals surface area contributed by atoms with Crippen LogP contribution in [0.4, 0.5) is 0 Å². The van der Waals surface area contributed by atoms with Crippen molar-refractivity contribution >= 4 is 18.9 Å². The number of hydrogen-bond donors (Lipinski definition) is 1. The summed E-state index contributed by atoms with van der Waals surface area (Å²) in [6.45, 7) is 3.48. The molecule has 0 N–H and O–H groups in total. The molecule has 0 rings (SSSR count). The van der Waals surface area contributed by atoms with E-state index < -0.39 is 4.75 Å². The maximum Gasteiger partial charge on any atom is 0.135 e. The Morgan fingerprint density at radius 1 is 1.67 bits per heavy atom. The van der Waals surface area contributed by atoms with Gasteiger partial charge in [-0.3, -0.25) is 0 Å². The first kappa shape index (κ1) is 6.02. The van der Waals surface area contributed by atoms with E-state index in [2.05, 4.69) is 12.6 Å². The molecule has 36 valence electrons. The van der Waals surface area contributed by atoms with Gasteiger partial charge in [0.1, 0.15) is 6.29 Å². The van der Waals surface area contributed by atoms with Crippen molar-refractivity contribution in [3.63, 3.8) is 0 Å². The summed E-state index contributed by atoms with van der Waals surface area (Å²) in [7, 11) is 0. The third-order valence-electron chi connectivity index (χ3n) is 0.288. The number of aldehydes is 1. The maximum atomic E-state index is 9.75. The fourth-order valence-electron chi connectivity index (χ4n) is 0. The Balaban J connectivity index is 3.45. The van der Waals surface area contributed by atoms with Crippen molar-refractivity contribution in [1.82, 2.24) is 0 Å². The first-order valence-electron chi connectivity index (χ1n) is 1.75. The van der Waals surface area contributed by atoms with Gasteiger partial charge in [-0.05, 0) is 13.8 Å². The van der Waals surface area contributed by atoms with E-state index in [0.717, 1.165) is 6.29 Å². The summed E-state index contributed by atoms with van der Waals surface area (Å²) < 4.78 is -0.444. The molecule has 0 saturated heterocycles. The van der Waals surface area contributed by atoms with Crippen molar-refractivity contribution < 1.29 is 4.79 Å². The van der Waals surface area contributed by atoms with Gasteiger partial charge >= 0.3 is 0 Å². The van der Waals surface area contributed by atoms with Crippen LogP contribution in [0.15, 0.2) is 0 Å². The van der Waals surface area contributed by atoms with Crippen LogP contribution < -0.4 is 0 Å². The standard InChI is InChI=1S/C4H8OS/c1-4(2,6)3-5/h3,6H,1-2H3. The van der Waals surface area contributed by atoms with Crippen LogP contribution in [-0.4, -0.2) is 11.0 Å². The van der Waals surface area contributed by atoms with Gasteiger partial charge < -0.3 is 4.79 Å². The average Bonchev–Trinajstić information content (AvgIpc) is 1.35. The highest BCUT2D eigenvalue weighted by Gasteiger charge is 2.06. The number of rotatable bonds is 1. The quantitative estimate of drug-likeness (QED) is 0.386. The average molecular weight is 104 g/mol. The summed E-state index contributed by atoms with van der Waals surface area (Å²) in [5.41, 5.74) is 0. The van der Waals surface area contributed by atoms with Crippen molar-refractivity contribution in [1.29, 1.82) is 0 Å². The van der Waals surface area contributed by atoms with Crippen LogP contribution in [0.25, 0.3) is 0 Å². The zero-order valence-corrected chi connectivity index (χ0v) is 4.83. The molecule has 0 heterocycles. The third-order valence-corrected chi connectivity index (χ3v) is 0.394. The minimum absolute atomic E-state index is 0.444. The van der Waals surface area contributed by atoms with E-state index in [1.54, 1.807) is 13.8 Å². The molecule has 0 aliphatic heterocycles. The molecule has 0 bridgehead atoms. The molecule has 0 radical (unpaired) electrons. The summed E-state index contributed by atoms with van der Waals surface area (Å²) in [6, 6.07) is 0. The van der Waals surface area contributed by atoms with Crippen molar-refractivity contribution in [2.75, 3.05) is 0 Å². The van der Waals surface area contributed by atoms with Crippen LogP contribution in [0.1, 0.15) is 13.8 Å². The summed E-state index contributed by atoms with van der Waals surface area (Å²) in [6.07, 6.45) is 0.802. The lowest BCUT2D eigenvalue weighted by Crippen LogP contribution is -2.10. The minimum Gasteiger partial charge on any atom is -0.302 e. The molecule has 0 unspecified atom stereocenters. The van der Waals surface area contributed by atoms with Gasteiger partial charge in [-0.15, -0.1) is 0 Å². The molecular weight excluding hydrogens is 96.1 g/mol. The summed E-state index contributed by atoms with van der Waals surface area (Å²) >= 11 is 3.89. The number of hydrogen-bond acceptors (Lipinski definition) is 2. The first-order chi connectivity index (χ1) is 2.56. The molecule has 0 atom stereocenters. The Kier molecular flexibility index (Phi) is 1.65. The van der Waals surface area contributed by atoms with Crippen molar-refractivity contribution in [3.8, 4) is 0 Å². The largest absolute Gasteiger partial charge is 0.302 e. The highest BCUT2D eigenvalue weighted by Crippen LogP contribution is 2.04. The molecular formula is C4H8OS. The lowest BCUT2D eigenvalue weighted by atomic mass is 10.2. The van der Waals surface area contributed by atoms with Gasteiger partial charge in [-0.25, -0.2) is 0 Å². The Hall–Kier alpha value is 0.0200. The van der Waals surface area contributed by atoms with Crippen molar-refractivity contribution in [2.24, 2.45) is 0 Å². The second-order valence-corrected chi connectivity index (χ2v) is 2.92. The predicted molar refractivity (Wildman–Crippen MR) is 29.1 cm³/mol. The van der Waals surface area contributed by atoms with Crippen LogP contribution in [-0.2, 0) is 4.79 Å². The van der Waals surface area contributed by atoms with E-state index in [-0.39, 0.29) is 0 Å². The highest BCUT2D eigenvalue weighted by atomic mass is 32.1. The van der Waals surface area contributed by atoms with Gasteiger partial charge in [0.2, 0.25) is 0 Å². The zero-order valence-electron chi connectivity index (χ0n) is 3.93. The molecule has 0 aliphatic rings. The van der Waals surface area contributed by atoms with Crippen LogP contribution in [0.3, 0.4) is 0 Å². The lowest BCUT2D eigenvalue weighted by Gasteiger charge is -2.02. The predicted octanol–water partition coefficient (Wildman–Crippen LogP) is 0.894. The maximum absolute atomic E-state index is 9.75. The summed E-state index contributed by atoms with van der Waals surface area (Å²) in [5.74, 6) is 0. The molecule has 0 aromatic rings. The molecule has 0 amide bonds. The molecule has 0 spiro atoms. The Morgan fingerprint density at radius 3 is 1.83 bits per heavy atom. The molecule has 0 aliphatic carbocycles. The second kappa shape index (κ2) is 1.65. The summed E-state index contributed by atoms with van der Waals surface area (Å²) in [5, 5.41) is 0. The van der Waals surface area contributed by atoms with Gasteiger partial charge in [-0.1, -0.05) is 0 Å². The fraction of sp³-hybridized carbons (Fsp3) is 0.750. The van der Waals surface area contributed by atoms with Crippen LogP contribution in [0.5, 0.6) is 0 Å². The Bertz CT molecular complexity index is 53.1. The van der Waals surface area contributed by atoms with Gasteiger partial charge in [0.05, 0.1) is 4.75 Å². The lowest BCUT2D eigenvalue weighted by molar-refractivity contribution is -0.109. The van der Waals surface area contributed by atoms with Crippen molar-refractivity contribution in [3.05, 3.63) is 0 Å². The van der Waals surface area contributed by atoms with E-state index in [0.29, 0.717) is 0 Å². The minimum atomic E-state index is -0.444. The zero-order chi connectivity index (χ0) is 5.21. The Morgan fingerprint density at radius 2 is 1.83 bits per heavy atom. The first-order valence-corrected chi connectivity index (χ1v) is 2.20. The van der Waals surface area contributed by atoms with E-state index >= 15 is 0 Å². The SMILES string of the molecule is CC(C)(S)C=O. The van der Waals surface area contributed by atoms with Gasteiger partial charge in [0, 0.05) is 0 Å². The smallest absolute Gasteiger partial charge is 0.135 e. The normalized spacial score (nSPS) is 11.2. The number of carbonyl (C=O) groups excluding carboxylic acids is 1. The number of carbonyl (C=O) groups is 1. The third kappa shape index (κ3) is 4.02. The fourth-order valence-corrected chi connectivity index (χ4v) is 0. The molecule has 1 nitrogen and oxygen atoms in total. The highest BCUT2D eigenvalue weighted by molar-refractivity contribution is 7.82. The summed E-state index contributed by atoms with van der Waals surface area (Å²) in [4.78, 5) is 9.75. The molecule has 0 saturated carbocycles. The molecule has 0 fully saturated rings. The topological polar surface area (TPSA) is 17.1 Å². The van der Waals surface area contributed by atoms with Crippen LogP contribution in [0.2, 0.25) is 0 Å². The van der Waals surface area contributed by atoms with Gasteiger partial charge in [-0.2, -0.15) is 12.6 Å². The van der Waals surface area contributed by atoms with Gasteiger partial charge in [0.25, 0.3) is 0 Å². The molecule has 0 aromatic carbocycles. The monoisotopic (exact) mass is 104 g/mol. The number of thiol groups is 1. The molecule has 2 heteroatoms. The van der Waals surface area contributed by atoms with Crippen LogP contribution >= 0.6 is 12.6 Å². The van der Waals surface area contributed by atoms with E-state index in [1.165, 1.54) is 0 Å². The molecule has 0 aromatic heterocycles. The van der Waals surface area contributed by atoms with Crippen molar-refractivity contribution in [2.45, 2.75) is 18.6 Å². The molecule has 6 heavy (non-hydrogen) atoms.